The molecule has 7 aromatic carbocycles. The molecule has 7 aromatic rings. The highest BCUT2D eigenvalue weighted by Crippen LogP contribution is 2.50. The molecule has 2 aliphatic carbocycles. The van der Waals surface area contributed by atoms with Crippen molar-refractivity contribution in [2.45, 2.75) is 31.6 Å². The van der Waals surface area contributed by atoms with Crippen molar-refractivity contribution >= 4 is 16.9 Å². The van der Waals surface area contributed by atoms with Gasteiger partial charge in [0, 0.05) is 28.4 Å². The normalized spacial score (nSPS) is 15.1. The molecular formula is C57H47N. The van der Waals surface area contributed by atoms with Crippen LogP contribution in [-0.4, -0.2) is 0 Å². The first-order valence-corrected chi connectivity index (χ1v) is 20.3. The van der Waals surface area contributed by atoms with Crippen molar-refractivity contribution in [3.63, 3.8) is 0 Å². The first-order valence-electron chi connectivity index (χ1n) is 20.3. The quantitative estimate of drug-likeness (QED) is 0.126. The van der Waals surface area contributed by atoms with E-state index in [0.717, 1.165) is 45.8 Å². The van der Waals surface area contributed by atoms with Crippen LogP contribution in [0.3, 0.4) is 0 Å². The monoisotopic (exact) mass is 745 g/mol. The number of fused-ring (bicyclic) bond motifs is 3. The molecule has 0 radical (unpaired) electrons. The van der Waals surface area contributed by atoms with Gasteiger partial charge in [0.15, 0.2) is 0 Å². The maximum absolute atomic E-state index is 4.60. The van der Waals surface area contributed by atoms with Crippen LogP contribution in [0, 0.1) is 0 Å². The molecule has 0 aliphatic heterocycles. The zero-order valence-corrected chi connectivity index (χ0v) is 33.3. The number of nitrogens with zero attached hydrogens (tertiary/aromatic N) is 1. The third kappa shape index (κ3) is 6.90. The fourth-order valence-electron chi connectivity index (χ4n) is 8.82. The minimum absolute atomic E-state index is 0.0586. The van der Waals surface area contributed by atoms with Crippen LogP contribution in [0.1, 0.15) is 48.4 Å². The Morgan fingerprint density at radius 1 is 0.586 bits per heavy atom. The summed E-state index contributed by atoms with van der Waals surface area (Å²) in [4.78, 5) is 2.38. The second-order valence-corrected chi connectivity index (χ2v) is 15.9. The molecule has 1 heteroatoms. The summed E-state index contributed by atoms with van der Waals surface area (Å²) in [6.45, 7) is 13.2. The summed E-state index contributed by atoms with van der Waals surface area (Å²) in [7, 11) is 0. The molecule has 0 N–H and O–H groups in total. The molecule has 1 nitrogen and oxygen atoms in total. The molecule has 0 saturated heterocycles. The number of benzene rings is 7. The van der Waals surface area contributed by atoms with Gasteiger partial charge in [0.1, 0.15) is 0 Å². The molecule has 0 heterocycles. The van der Waals surface area contributed by atoms with Crippen LogP contribution in [0.4, 0.5) is 11.4 Å². The van der Waals surface area contributed by atoms with Crippen molar-refractivity contribution in [2.24, 2.45) is 0 Å². The van der Waals surface area contributed by atoms with Crippen molar-refractivity contribution in [1.29, 1.82) is 0 Å². The van der Waals surface area contributed by atoms with Gasteiger partial charge in [-0.3, -0.25) is 0 Å². The van der Waals surface area contributed by atoms with Gasteiger partial charge < -0.3 is 4.90 Å². The van der Waals surface area contributed by atoms with Gasteiger partial charge in [-0.25, -0.2) is 0 Å². The highest BCUT2D eigenvalue weighted by Gasteiger charge is 2.35. The maximum Gasteiger partial charge on any atom is 0.0468 e. The van der Waals surface area contributed by atoms with Crippen molar-refractivity contribution in [1.82, 2.24) is 0 Å². The summed E-state index contributed by atoms with van der Waals surface area (Å²) >= 11 is 0. The molecule has 280 valence electrons. The van der Waals surface area contributed by atoms with Gasteiger partial charge in [-0.1, -0.05) is 191 Å². The van der Waals surface area contributed by atoms with Crippen molar-refractivity contribution in [3.8, 4) is 44.5 Å². The smallest absolute Gasteiger partial charge is 0.0468 e. The second kappa shape index (κ2) is 15.5. The Labute approximate surface area is 344 Å². The van der Waals surface area contributed by atoms with E-state index in [1.807, 2.05) is 12.2 Å². The number of hydrogen-bond acceptors (Lipinski definition) is 1. The van der Waals surface area contributed by atoms with Gasteiger partial charge in [0.05, 0.1) is 0 Å². The molecule has 1 atom stereocenters. The summed E-state index contributed by atoms with van der Waals surface area (Å²) in [6.07, 6.45) is 13.8. The predicted octanol–water partition coefficient (Wildman–Crippen LogP) is 15.5. The van der Waals surface area contributed by atoms with E-state index in [2.05, 4.69) is 226 Å². The summed E-state index contributed by atoms with van der Waals surface area (Å²) in [5.74, 6) is 0.341. The zero-order chi connectivity index (χ0) is 39.6. The number of allylic oxidation sites excluding steroid dienone is 7. The number of hydrogen-bond donors (Lipinski definition) is 0. The molecule has 0 saturated carbocycles. The van der Waals surface area contributed by atoms with Crippen molar-refractivity contribution < 1.29 is 0 Å². The average Bonchev–Trinajstić information content (AvgIpc) is 3.52. The lowest BCUT2D eigenvalue weighted by atomic mass is 9.81. The average molecular weight is 746 g/mol. The molecular weight excluding hydrogens is 699 g/mol. The lowest BCUT2D eigenvalue weighted by Gasteiger charge is -2.30. The van der Waals surface area contributed by atoms with Crippen molar-refractivity contribution in [3.05, 3.63) is 247 Å². The molecule has 2 aliphatic rings. The van der Waals surface area contributed by atoms with Crippen LogP contribution in [-0.2, 0) is 5.41 Å². The van der Waals surface area contributed by atoms with Crippen LogP contribution in [0.2, 0.25) is 0 Å². The van der Waals surface area contributed by atoms with E-state index in [4.69, 9.17) is 0 Å². The van der Waals surface area contributed by atoms with E-state index in [1.54, 1.807) is 0 Å². The van der Waals surface area contributed by atoms with Gasteiger partial charge in [-0.2, -0.15) is 0 Å². The summed E-state index contributed by atoms with van der Waals surface area (Å²) in [5, 5.41) is 0. The molecule has 58 heavy (non-hydrogen) atoms. The van der Waals surface area contributed by atoms with E-state index in [9.17, 15) is 0 Å². The standard InChI is InChI=1S/C57H47N/c1-5-6-16-40(2)54-39-50(34-36-51(54)47-22-15-21-45(37-47)46-29-35-53-52-23-13-14-24-55(52)57(3,4)56(53)38-46)58(48-30-25-43(26-31-48)41-17-9-7-10-18-41)49-32-27-44(28-33-49)42-19-11-8-12-20-42/h5-27,29-39,44H,1-2,28H2,3-4H3/b16-6-. The van der Waals surface area contributed by atoms with E-state index in [0.29, 0.717) is 5.92 Å². The zero-order valence-electron chi connectivity index (χ0n) is 33.3. The van der Waals surface area contributed by atoms with Gasteiger partial charge in [-0.05, 0) is 121 Å². The summed E-state index contributed by atoms with van der Waals surface area (Å²) in [6, 6.07) is 61.9. The van der Waals surface area contributed by atoms with Gasteiger partial charge >= 0.3 is 0 Å². The lowest BCUT2D eigenvalue weighted by molar-refractivity contribution is 0.660. The Bertz CT molecular complexity index is 2740. The van der Waals surface area contributed by atoms with E-state index in [1.165, 1.54) is 50.1 Å². The van der Waals surface area contributed by atoms with E-state index < -0.39 is 0 Å². The van der Waals surface area contributed by atoms with Crippen LogP contribution in [0.15, 0.2) is 225 Å². The predicted molar refractivity (Wildman–Crippen MR) is 248 cm³/mol. The third-order valence-electron chi connectivity index (χ3n) is 11.9. The summed E-state index contributed by atoms with van der Waals surface area (Å²) < 4.78 is 0. The van der Waals surface area contributed by atoms with E-state index >= 15 is 0 Å². The minimum atomic E-state index is -0.0586. The van der Waals surface area contributed by atoms with Gasteiger partial charge in [0.2, 0.25) is 0 Å². The topological polar surface area (TPSA) is 3.24 Å². The SMILES string of the molecule is C=C/C=C\C(=C)c1cc(N(C2=CCC(c3ccccc3)C=C2)c2ccc(-c3ccccc3)cc2)ccc1-c1cccc(-c2ccc3c(c2)C(C)(C)c2ccccc2-3)c1. The highest BCUT2D eigenvalue weighted by atomic mass is 15.1. The fourth-order valence-corrected chi connectivity index (χ4v) is 8.82. The van der Waals surface area contributed by atoms with Crippen LogP contribution >= 0.6 is 0 Å². The molecule has 1 unspecified atom stereocenters. The Morgan fingerprint density at radius 2 is 1.21 bits per heavy atom. The molecule has 0 aromatic heterocycles. The Kier molecular flexibility index (Phi) is 9.81. The van der Waals surface area contributed by atoms with Crippen LogP contribution in [0.5, 0.6) is 0 Å². The third-order valence-corrected chi connectivity index (χ3v) is 11.9. The van der Waals surface area contributed by atoms with Gasteiger partial charge in [0.25, 0.3) is 0 Å². The van der Waals surface area contributed by atoms with Crippen LogP contribution < -0.4 is 4.90 Å². The minimum Gasteiger partial charge on any atom is -0.311 e. The molecule has 0 bridgehead atoms. The number of rotatable bonds is 10. The summed E-state index contributed by atoms with van der Waals surface area (Å²) in [5.41, 5.74) is 19.1. The Morgan fingerprint density at radius 3 is 1.97 bits per heavy atom. The lowest BCUT2D eigenvalue weighted by Crippen LogP contribution is -2.17. The van der Waals surface area contributed by atoms with E-state index in [-0.39, 0.29) is 5.41 Å². The molecule has 0 spiro atoms. The number of anilines is 2. The Hall–Kier alpha value is -6.96. The molecule has 9 rings (SSSR count). The first kappa shape index (κ1) is 36.7. The molecule has 0 amide bonds. The van der Waals surface area contributed by atoms with Crippen molar-refractivity contribution in [2.75, 3.05) is 4.90 Å². The second-order valence-electron chi connectivity index (χ2n) is 15.9. The first-order chi connectivity index (χ1) is 28.4. The Balaban J connectivity index is 1.12. The highest BCUT2D eigenvalue weighted by molar-refractivity contribution is 5.90. The van der Waals surface area contributed by atoms with Gasteiger partial charge in [-0.15, -0.1) is 0 Å². The van der Waals surface area contributed by atoms with Crippen LogP contribution in [0.25, 0.3) is 50.1 Å². The fraction of sp³-hybridized carbons (Fsp3) is 0.0877. The largest absolute Gasteiger partial charge is 0.311 e. The molecule has 0 fully saturated rings. The maximum atomic E-state index is 4.60.